The second kappa shape index (κ2) is 7.90. The van der Waals surface area contributed by atoms with Crippen molar-refractivity contribution >= 4 is 11.6 Å². The Kier molecular flexibility index (Phi) is 5.00. The molecule has 1 atom stereocenters. The molecule has 0 spiro atoms. The van der Waals surface area contributed by atoms with E-state index in [1.165, 1.54) is 29.0 Å². The van der Waals surface area contributed by atoms with E-state index in [2.05, 4.69) is 25.1 Å². The van der Waals surface area contributed by atoms with Gasteiger partial charge in [0.05, 0.1) is 18.0 Å². The Bertz CT molecular complexity index is 1490. The molecule has 0 bridgehead atoms. The fourth-order valence-corrected chi connectivity index (χ4v) is 3.67. The van der Waals surface area contributed by atoms with Crippen molar-refractivity contribution in [2.75, 3.05) is 5.73 Å². The number of nitrogen functional groups attached to an aromatic ring is 1. The van der Waals surface area contributed by atoms with Gasteiger partial charge < -0.3 is 5.73 Å². The number of aromatic nitrogens is 7. The molecule has 4 heterocycles. The smallest absolute Gasteiger partial charge is 0.271 e. The summed E-state index contributed by atoms with van der Waals surface area (Å²) >= 11 is 0. The summed E-state index contributed by atoms with van der Waals surface area (Å²) in [5.74, 6) is -4.29. The average Bonchev–Trinajstić information content (AvgIpc) is 3.40. The van der Waals surface area contributed by atoms with Crippen molar-refractivity contribution in [1.29, 1.82) is 0 Å². The summed E-state index contributed by atoms with van der Waals surface area (Å²) in [6.45, 7) is 0.752. The summed E-state index contributed by atoms with van der Waals surface area (Å²) in [4.78, 5) is 12.3. The number of alkyl halides is 2. The van der Waals surface area contributed by atoms with Crippen molar-refractivity contribution in [3.8, 4) is 22.6 Å². The lowest BCUT2D eigenvalue weighted by molar-refractivity contribution is -0.0217. The van der Waals surface area contributed by atoms with Crippen LogP contribution in [0.5, 0.6) is 0 Å². The molecule has 5 aromatic rings. The molecule has 0 fully saturated rings. The molecule has 0 radical (unpaired) electrons. The highest BCUT2D eigenvalue weighted by molar-refractivity contribution is 5.67. The number of hydrogen-bond acceptors (Lipinski definition) is 6. The van der Waals surface area contributed by atoms with E-state index in [1.807, 2.05) is 0 Å². The third kappa shape index (κ3) is 3.93. The zero-order valence-electron chi connectivity index (χ0n) is 17.6. The molecule has 0 saturated heterocycles. The van der Waals surface area contributed by atoms with E-state index in [0.29, 0.717) is 16.8 Å². The Labute approximate surface area is 189 Å². The van der Waals surface area contributed by atoms with Crippen molar-refractivity contribution in [2.24, 2.45) is 0 Å². The number of halogens is 4. The second-order valence-electron chi connectivity index (χ2n) is 7.70. The molecule has 5 rings (SSSR count). The van der Waals surface area contributed by atoms with Gasteiger partial charge in [-0.05, 0) is 29.8 Å². The maximum absolute atomic E-state index is 14.6. The molecule has 4 aromatic heterocycles. The molecule has 0 aliphatic carbocycles. The molecule has 12 heteroatoms. The van der Waals surface area contributed by atoms with Crippen LogP contribution in [0.1, 0.15) is 18.5 Å². The zero-order valence-corrected chi connectivity index (χ0v) is 17.6. The van der Waals surface area contributed by atoms with Crippen molar-refractivity contribution in [3.63, 3.8) is 0 Å². The minimum Gasteiger partial charge on any atom is -0.366 e. The van der Waals surface area contributed by atoms with Crippen LogP contribution in [0, 0.1) is 11.6 Å². The van der Waals surface area contributed by atoms with Gasteiger partial charge in [0.15, 0.2) is 17.3 Å². The molecule has 0 aliphatic rings. The van der Waals surface area contributed by atoms with Gasteiger partial charge in [-0.1, -0.05) is 12.1 Å². The Balaban J connectivity index is 1.54. The maximum atomic E-state index is 14.6. The Morgan fingerprint density at radius 2 is 1.76 bits per heavy atom. The van der Waals surface area contributed by atoms with Crippen LogP contribution in [0.25, 0.3) is 28.3 Å². The largest absolute Gasteiger partial charge is 0.366 e. The minimum atomic E-state index is -3.22. The number of anilines is 1. The fourth-order valence-electron chi connectivity index (χ4n) is 3.67. The first-order valence-electron chi connectivity index (χ1n) is 10.0. The molecular weight excluding hydrogens is 452 g/mol. The lowest BCUT2D eigenvalue weighted by atomic mass is 10.0. The topological polar surface area (TPSA) is 99.8 Å². The molecular formula is C22H16F4N8. The maximum Gasteiger partial charge on any atom is 0.271 e. The normalized spacial score (nSPS) is 12.9. The number of rotatable bonds is 5. The number of benzene rings is 1. The number of nitrogens with two attached hydrogens (primary N) is 1. The number of hydrogen-bond donors (Lipinski definition) is 1. The van der Waals surface area contributed by atoms with Gasteiger partial charge in [0, 0.05) is 24.9 Å². The first-order chi connectivity index (χ1) is 16.2. The molecule has 0 saturated carbocycles. The molecule has 8 nitrogen and oxygen atoms in total. The Morgan fingerprint density at radius 3 is 2.50 bits per heavy atom. The summed E-state index contributed by atoms with van der Waals surface area (Å²) in [5.41, 5.74) is 6.84. The standard InChI is InChI=1S/C22H16F4N8/c1-22(25,26)19(12-2-4-15(23)5-3-12)34-11-14(9-29-34)20-28-10-16(24)18(31-20)13-6-7-33-17(8-13)30-21(27)32-33/h2-11,19H,1H3,(H2,27,32)/t19-/m1/s1. The summed E-state index contributed by atoms with van der Waals surface area (Å²) in [6.07, 6.45) is 5.19. The first-order valence-corrected chi connectivity index (χ1v) is 10.0. The second-order valence-corrected chi connectivity index (χ2v) is 7.70. The number of pyridine rings is 1. The fraction of sp³-hybridized carbons (Fsp3) is 0.136. The first kappa shape index (κ1) is 21.5. The molecule has 1 aromatic carbocycles. The van der Waals surface area contributed by atoms with Crippen LogP contribution in [-0.4, -0.2) is 40.3 Å². The molecule has 34 heavy (non-hydrogen) atoms. The highest BCUT2D eigenvalue weighted by Gasteiger charge is 2.37. The van der Waals surface area contributed by atoms with Crippen LogP contribution in [0.3, 0.4) is 0 Å². The van der Waals surface area contributed by atoms with Gasteiger partial charge in [-0.2, -0.15) is 10.1 Å². The predicted molar refractivity (Wildman–Crippen MR) is 115 cm³/mol. The van der Waals surface area contributed by atoms with Gasteiger partial charge in [-0.25, -0.2) is 32.0 Å². The van der Waals surface area contributed by atoms with Gasteiger partial charge in [0.1, 0.15) is 17.6 Å². The van der Waals surface area contributed by atoms with Gasteiger partial charge in [-0.3, -0.25) is 4.68 Å². The summed E-state index contributed by atoms with van der Waals surface area (Å²) in [5, 5.41) is 8.03. The van der Waals surface area contributed by atoms with Crippen molar-refractivity contribution in [3.05, 3.63) is 78.4 Å². The van der Waals surface area contributed by atoms with Crippen LogP contribution in [0.2, 0.25) is 0 Å². The highest BCUT2D eigenvalue weighted by Crippen LogP contribution is 2.35. The van der Waals surface area contributed by atoms with E-state index in [1.54, 1.807) is 18.3 Å². The van der Waals surface area contributed by atoms with Crippen molar-refractivity contribution < 1.29 is 17.6 Å². The SMILES string of the molecule is CC(F)(F)[C@@H](c1ccc(F)cc1)n1cc(-c2ncc(F)c(-c3ccn4nc(N)nc4c3)n2)cn1. The van der Waals surface area contributed by atoms with Crippen LogP contribution >= 0.6 is 0 Å². The van der Waals surface area contributed by atoms with E-state index < -0.39 is 23.6 Å². The van der Waals surface area contributed by atoms with E-state index >= 15 is 0 Å². The Morgan fingerprint density at radius 1 is 1.00 bits per heavy atom. The van der Waals surface area contributed by atoms with Crippen LogP contribution in [0.15, 0.2) is 61.2 Å². The monoisotopic (exact) mass is 468 g/mol. The van der Waals surface area contributed by atoms with Crippen LogP contribution in [0.4, 0.5) is 23.5 Å². The van der Waals surface area contributed by atoms with E-state index in [4.69, 9.17) is 5.73 Å². The van der Waals surface area contributed by atoms with E-state index in [0.717, 1.165) is 29.9 Å². The van der Waals surface area contributed by atoms with E-state index in [-0.39, 0.29) is 23.0 Å². The number of fused-ring (bicyclic) bond motifs is 1. The zero-order chi connectivity index (χ0) is 24.0. The van der Waals surface area contributed by atoms with E-state index in [9.17, 15) is 17.6 Å². The van der Waals surface area contributed by atoms with Gasteiger partial charge in [-0.15, -0.1) is 5.10 Å². The molecule has 172 valence electrons. The minimum absolute atomic E-state index is 0.0160. The highest BCUT2D eigenvalue weighted by atomic mass is 19.3. The van der Waals surface area contributed by atoms with Gasteiger partial charge in [0.2, 0.25) is 5.95 Å². The quantitative estimate of drug-likeness (QED) is 0.389. The molecule has 2 N–H and O–H groups in total. The summed E-state index contributed by atoms with van der Waals surface area (Å²) in [6, 6.07) is 6.41. The lowest BCUT2D eigenvalue weighted by Crippen LogP contribution is -2.29. The third-order valence-corrected chi connectivity index (χ3v) is 5.16. The predicted octanol–water partition coefficient (Wildman–Crippen LogP) is 4.15. The molecule has 0 unspecified atom stereocenters. The van der Waals surface area contributed by atoms with Gasteiger partial charge >= 0.3 is 0 Å². The lowest BCUT2D eigenvalue weighted by Gasteiger charge is -2.24. The van der Waals surface area contributed by atoms with Crippen LogP contribution < -0.4 is 5.73 Å². The Hall–Kier alpha value is -4.35. The van der Waals surface area contributed by atoms with Crippen molar-refractivity contribution in [1.82, 2.24) is 34.3 Å². The van der Waals surface area contributed by atoms with Gasteiger partial charge in [0.25, 0.3) is 5.92 Å². The average molecular weight is 468 g/mol. The third-order valence-electron chi connectivity index (χ3n) is 5.16. The summed E-state index contributed by atoms with van der Waals surface area (Å²) in [7, 11) is 0. The summed E-state index contributed by atoms with van der Waals surface area (Å²) < 4.78 is 59.3. The van der Waals surface area contributed by atoms with Crippen LogP contribution in [-0.2, 0) is 0 Å². The molecule has 0 aliphatic heterocycles. The molecule has 0 amide bonds. The number of nitrogens with zero attached hydrogens (tertiary/aromatic N) is 7. The van der Waals surface area contributed by atoms with Crippen molar-refractivity contribution in [2.45, 2.75) is 18.9 Å².